The lowest BCUT2D eigenvalue weighted by Crippen LogP contribution is -2.44. The van der Waals surface area contributed by atoms with Gasteiger partial charge in [0.05, 0.1) is 13.2 Å². The standard InChI is InChI=1S/C26H43N7O2/c1-22(2)31-26(34)33(35-20-23-12-8-7-9-13-23)19-11-6-4-3-5-10-16-29-25(30-21-27)32-24-14-17-28-18-15-24/h14-15,17-18,22-23H,3-13,16,19-20H2,1-2H3,(H,31,34)(H2,28,29,30,32). The zero-order valence-corrected chi connectivity index (χ0v) is 21.5. The summed E-state index contributed by atoms with van der Waals surface area (Å²) in [7, 11) is 0. The van der Waals surface area contributed by atoms with E-state index in [2.05, 4.69) is 25.9 Å². The fourth-order valence-electron chi connectivity index (χ4n) is 4.12. The van der Waals surface area contributed by atoms with Crippen LogP contribution in [0.2, 0.25) is 0 Å². The first kappa shape index (κ1) is 28.4. The number of aromatic nitrogens is 1. The number of hydrogen-bond acceptors (Lipinski definition) is 5. The van der Waals surface area contributed by atoms with E-state index in [-0.39, 0.29) is 12.1 Å². The van der Waals surface area contributed by atoms with Crippen LogP contribution in [0.25, 0.3) is 0 Å². The fourth-order valence-corrected chi connectivity index (χ4v) is 4.12. The molecule has 9 nitrogen and oxygen atoms in total. The molecule has 1 aliphatic carbocycles. The van der Waals surface area contributed by atoms with Crippen molar-refractivity contribution in [2.24, 2.45) is 10.9 Å². The lowest BCUT2D eigenvalue weighted by atomic mass is 9.90. The van der Waals surface area contributed by atoms with Gasteiger partial charge in [0.2, 0.25) is 12.2 Å². The highest BCUT2D eigenvalue weighted by Gasteiger charge is 2.19. The molecule has 0 unspecified atom stereocenters. The van der Waals surface area contributed by atoms with Gasteiger partial charge < -0.3 is 16.0 Å². The number of nitriles is 1. The molecule has 3 N–H and O–H groups in total. The van der Waals surface area contributed by atoms with Crippen molar-refractivity contribution < 1.29 is 9.63 Å². The van der Waals surface area contributed by atoms with Crippen LogP contribution in [-0.4, -0.2) is 47.8 Å². The maximum Gasteiger partial charge on any atom is 0.341 e. The summed E-state index contributed by atoms with van der Waals surface area (Å²) in [4.78, 5) is 26.3. The van der Waals surface area contributed by atoms with Crippen LogP contribution >= 0.6 is 0 Å². The Labute approximate surface area is 210 Å². The van der Waals surface area contributed by atoms with E-state index in [0.29, 0.717) is 25.0 Å². The number of hydroxylamine groups is 2. The SMILES string of the molecule is CC(C)NC(=O)N(CCCCCCCCN/C(=N\C#N)Nc1ccncc1)OCC1CCCCC1. The number of carbonyl (C=O) groups is 1. The van der Waals surface area contributed by atoms with Gasteiger partial charge in [-0.15, -0.1) is 4.99 Å². The van der Waals surface area contributed by atoms with Crippen LogP contribution in [0.4, 0.5) is 10.5 Å². The quantitative estimate of drug-likeness (QED) is 0.110. The first-order valence-electron chi connectivity index (χ1n) is 13.2. The number of urea groups is 1. The van der Waals surface area contributed by atoms with Crippen LogP contribution in [0.5, 0.6) is 0 Å². The number of rotatable bonds is 14. The highest BCUT2D eigenvalue weighted by atomic mass is 16.7. The summed E-state index contributed by atoms with van der Waals surface area (Å²) >= 11 is 0. The van der Waals surface area contributed by atoms with E-state index in [1.54, 1.807) is 17.5 Å². The van der Waals surface area contributed by atoms with Crippen molar-refractivity contribution >= 4 is 17.7 Å². The Balaban J connectivity index is 1.58. The molecular formula is C26H43N7O2. The average molecular weight is 486 g/mol. The van der Waals surface area contributed by atoms with Crippen LogP contribution in [0.15, 0.2) is 29.5 Å². The topological polar surface area (TPSA) is 115 Å². The van der Waals surface area contributed by atoms with Crippen molar-refractivity contribution in [2.75, 3.05) is 25.0 Å². The predicted octanol–water partition coefficient (Wildman–Crippen LogP) is 5.19. The summed E-state index contributed by atoms with van der Waals surface area (Å²) in [5.74, 6) is 1.03. The molecule has 2 amide bonds. The van der Waals surface area contributed by atoms with E-state index in [1.807, 2.05) is 32.2 Å². The monoisotopic (exact) mass is 485 g/mol. The van der Waals surface area contributed by atoms with Crippen LogP contribution in [0, 0.1) is 17.4 Å². The Morgan fingerprint density at radius 1 is 1.14 bits per heavy atom. The number of guanidine groups is 1. The van der Waals surface area contributed by atoms with Gasteiger partial charge in [0.25, 0.3) is 0 Å². The largest absolute Gasteiger partial charge is 0.355 e. The third kappa shape index (κ3) is 13.0. The van der Waals surface area contributed by atoms with Gasteiger partial charge in [-0.05, 0) is 57.6 Å². The second kappa shape index (κ2) is 17.6. The van der Waals surface area contributed by atoms with Crippen molar-refractivity contribution in [3.8, 4) is 6.19 Å². The van der Waals surface area contributed by atoms with Crippen molar-refractivity contribution in [3.63, 3.8) is 0 Å². The maximum atomic E-state index is 12.5. The Bertz CT molecular complexity index is 774. The lowest BCUT2D eigenvalue weighted by molar-refractivity contribution is -0.133. The third-order valence-electron chi connectivity index (χ3n) is 6.01. The van der Waals surface area contributed by atoms with Gasteiger partial charge in [-0.2, -0.15) is 5.26 Å². The zero-order valence-electron chi connectivity index (χ0n) is 21.5. The van der Waals surface area contributed by atoms with Crippen LogP contribution in [0.1, 0.15) is 84.5 Å². The summed E-state index contributed by atoms with van der Waals surface area (Å²) < 4.78 is 0. The molecule has 2 rings (SSSR count). The Morgan fingerprint density at radius 2 is 1.83 bits per heavy atom. The number of anilines is 1. The smallest absolute Gasteiger partial charge is 0.341 e. The minimum atomic E-state index is -0.128. The highest BCUT2D eigenvalue weighted by Crippen LogP contribution is 2.24. The number of hydrogen-bond donors (Lipinski definition) is 3. The molecule has 9 heteroatoms. The van der Waals surface area contributed by atoms with Gasteiger partial charge in [-0.3, -0.25) is 9.82 Å². The number of amides is 2. The van der Waals surface area contributed by atoms with Crippen LogP contribution in [0.3, 0.4) is 0 Å². The maximum absolute atomic E-state index is 12.5. The molecule has 1 saturated carbocycles. The number of carbonyl (C=O) groups excluding carboxylic acids is 1. The summed E-state index contributed by atoms with van der Waals surface area (Å²) in [5.41, 5.74) is 0.834. The first-order chi connectivity index (χ1) is 17.1. The second-order valence-electron chi connectivity index (χ2n) is 9.48. The van der Waals surface area contributed by atoms with E-state index in [9.17, 15) is 4.79 Å². The van der Waals surface area contributed by atoms with Gasteiger partial charge in [0.1, 0.15) is 0 Å². The molecule has 0 aliphatic heterocycles. The normalized spacial score (nSPS) is 14.4. The molecule has 194 valence electrons. The van der Waals surface area contributed by atoms with Crippen LogP contribution < -0.4 is 16.0 Å². The molecule has 0 bridgehead atoms. The van der Waals surface area contributed by atoms with E-state index in [4.69, 9.17) is 10.1 Å². The molecule has 0 radical (unpaired) electrons. The molecular weight excluding hydrogens is 442 g/mol. The molecule has 35 heavy (non-hydrogen) atoms. The Kier molecular flexibility index (Phi) is 14.2. The molecule has 1 fully saturated rings. The molecule has 1 aliphatic rings. The first-order valence-corrected chi connectivity index (χ1v) is 13.2. The molecule has 0 spiro atoms. The number of nitrogens with one attached hydrogen (secondary N) is 3. The predicted molar refractivity (Wildman–Crippen MR) is 140 cm³/mol. The minimum Gasteiger partial charge on any atom is -0.355 e. The molecule has 1 aromatic rings. The van der Waals surface area contributed by atoms with Crippen LogP contribution in [-0.2, 0) is 4.84 Å². The molecule has 1 heterocycles. The van der Waals surface area contributed by atoms with E-state index in [0.717, 1.165) is 50.8 Å². The minimum absolute atomic E-state index is 0.0931. The summed E-state index contributed by atoms with van der Waals surface area (Å²) in [6.45, 7) is 5.96. The van der Waals surface area contributed by atoms with Gasteiger partial charge in [0, 0.05) is 30.7 Å². The molecule has 1 aromatic heterocycles. The second-order valence-corrected chi connectivity index (χ2v) is 9.48. The molecule has 0 aromatic carbocycles. The fraction of sp³-hybridized carbons (Fsp3) is 0.692. The van der Waals surface area contributed by atoms with Crippen molar-refractivity contribution in [2.45, 2.75) is 90.5 Å². The van der Waals surface area contributed by atoms with E-state index >= 15 is 0 Å². The summed E-state index contributed by atoms with van der Waals surface area (Å²) in [6, 6.07) is 3.61. The van der Waals surface area contributed by atoms with Crippen molar-refractivity contribution in [3.05, 3.63) is 24.5 Å². The average Bonchev–Trinajstić information content (AvgIpc) is 2.85. The van der Waals surface area contributed by atoms with Gasteiger partial charge in [0.15, 0.2) is 0 Å². The Hall–Kier alpha value is -2.86. The third-order valence-corrected chi connectivity index (χ3v) is 6.01. The van der Waals surface area contributed by atoms with Crippen molar-refractivity contribution in [1.82, 2.24) is 20.7 Å². The van der Waals surface area contributed by atoms with Gasteiger partial charge >= 0.3 is 6.03 Å². The van der Waals surface area contributed by atoms with Gasteiger partial charge in [-0.25, -0.2) is 9.86 Å². The number of unbranched alkanes of at least 4 members (excludes halogenated alkanes) is 5. The lowest BCUT2D eigenvalue weighted by Gasteiger charge is -2.27. The molecule has 0 saturated heterocycles. The number of nitrogens with zero attached hydrogens (tertiary/aromatic N) is 4. The van der Waals surface area contributed by atoms with E-state index < -0.39 is 0 Å². The summed E-state index contributed by atoms with van der Waals surface area (Å²) in [5, 5.41) is 19.7. The summed E-state index contributed by atoms with van der Waals surface area (Å²) in [6.07, 6.45) is 17.8. The van der Waals surface area contributed by atoms with Crippen molar-refractivity contribution in [1.29, 1.82) is 5.26 Å². The zero-order chi connectivity index (χ0) is 25.1. The highest BCUT2D eigenvalue weighted by molar-refractivity contribution is 5.94. The Morgan fingerprint density at radius 3 is 2.51 bits per heavy atom. The number of pyridine rings is 1. The van der Waals surface area contributed by atoms with Gasteiger partial charge in [-0.1, -0.05) is 44.9 Å². The molecule has 0 atom stereocenters. The number of aliphatic imine (C=N–C) groups is 1. The van der Waals surface area contributed by atoms with E-state index in [1.165, 1.54) is 32.1 Å².